The van der Waals surface area contributed by atoms with Gasteiger partial charge >= 0.3 is 11.9 Å². The SMILES string of the molecule is NS(=O)(=O)c1cccc(NCCc2nc(C(F)(F)F)cs2)c1[N+](=O)[O-]. The standard InChI is InChI=1S/C12H11F3N4O4S2/c13-12(14,15)9-6-24-10(18-9)4-5-17-7-2-1-3-8(25(16,22)23)11(7)19(20)21/h1-3,6,17H,4-5H2,(H2,16,22,23). The second kappa shape index (κ2) is 6.93. The molecule has 0 aliphatic rings. The van der Waals surface area contributed by atoms with E-state index in [0.717, 1.165) is 22.8 Å². The fourth-order valence-electron chi connectivity index (χ4n) is 1.94. The van der Waals surface area contributed by atoms with Gasteiger partial charge in [-0.2, -0.15) is 13.2 Å². The molecule has 2 aromatic rings. The zero-order valence-corrected chi connectivity index (χ0v) is 13.9. The van der Waals surface area contributed by atoms with E-state index in [-0.39, 0.29) is 23.7 Å². The molecular formula is C12H11F3N4O4S2. The molecule has 0 unspecified atom stereocenters. The second-order valence-electron chi connectivity index (χ2n) is 4.76. The molecule has 8 nitrogen and oxygen atoms in total. The Morgan fingerprint density at radius 1 is 1.36 bits per heavy atom. The van der Waals surface area contributed by atoms with Gasteiger partial charge in [-0.25, -0.2) is 18.5 Å². The van der Waals surface area contributed by atoms with Crippen LogP contribution >= 0.6 is 11.3 Å². The van der Waals surface area contributed by atoms with Gasteiger partial charge in [-0.1, -0.05) is 6.07 Å². The Labute approximate surface area is 143 Å². The van der Waals surface area contributed by atoms with Crippen LogP contribution in [0, 0.1) is 10.1 Å². The van der Waals surface area contributed by atoms with Crippen molar-refractivity contribution in [3.05, 3.63) is 44.4 Å². The smallest absolute Gasteiger partial charge is 0.379 e. The molecule has 0 atom stereocenters. The molecule has 1 aromatic heterocycles. The van der Waals surface area contributed by atoms with Crippen LogP contribution in [0.25, 0.3) is 0 Å². The average molecular weight is 396 g/mol. The number of thiazole rings is 1. The number of alkyl halides is 3. The van der Waals surface area contributed by atoms with E-state index in [4.69, 9.17) is 5.14 Å². The minimum Gasteiger partial charge on any atom is -0.379 e. The third-order valence-electron chi connectivity index (χ3n) is 2.98. The summed E-state index contributed by atoms with van der Waals surface area (Å²) in [5.41, 5.74) is -1.83. The molecule has 136 valence electrons. The van der Waals surface area contributed by atoms with E-state index < -0.39 is 37.4 Å². The first-order valence-corrected chi connectivity index (χ1v) is 8.98. The summed E-state index contributed by atoms with van der Waals surface area (Å²) in [6, 6.07) is 3.53. The van der Waals surface area contributed by atoms with Crippen LogP contribution < -0.4 is 10.5 Å². The topological polar surface area (TPSA) is 128 Å². The number of nitrogens with zero attached hydrogens (tertiary/aromatic N) is 2. The summed E-state index contributed by atoms with van der Waals surface area (Å²) in [6.45, 7) is 0.0136. The van der Waals surface area contributed by atoms with E-state index in [1.165, 1.54) is 12.1 Å². The van der Waals surface area contributed by atoms with Gasteiger partial charge in [0.25, 0.3) is 0 Å². The van der Waals surface area contributed by atoms with Gasteiger partial charge in [-0.3, -0.25) is 10.1 Å². The largest absolute Gasteiger partial charge is 0.434 e. The molecule has 13 heteroatoms. The number of primary sulfonamides is 1. The number of nitrogens with two attached hydrogens (primary N) is 1. The van der Waals surface area contributed by atoms with Crippen molar-refractivity contribution < 1.29 is 26.5 Å². The molecule has 0 radical (unpaired) electrons. The summed E-state index contributed by atoms with van der Waals surface area (Å²) in [7, 11) is -4.31. The van der Waals surface area contributed by atoms with Gasteiger partial charge in [0.1, 0.15) is 5.69 Å². The molecule has 0 saturated carbocycles. The number of benzene rings is 1. The van der Waals surface area contributed by atoms with Gasteiger partial charge in [-0.15, -0.1) is 11.3 Å². The molecule has 1 aromatic carbocycles. The highest BCUT2D eigenvalue weighted by molar-refractivity contribution is 7.89. The fraction of sp³-hybridized carbons (Fsp3) is 0.250. The maximum Gasteiger partial charge on any atom is 0.434 e. The van der Waals surface area contributed by atoms with Crippen LogP contribution in [0.15, 0.2) is 28.5 Å². The molecular weight excluding hydrogens is 385 g/mol. The van der Waals surface area contributed by atoms with E-state index >= 15 is 0 Å². The Morgan fingerprint density at radius 3 is 2.56 bits per heavy atom. The molecule has 0 amide bonds. The van der Waals surface area contributed by atoms with Crippen LogP contribution in [0.3, 0.4) is 0 Å². The summed E-state index contributed by atoms with van der Waals surface area (Å²) < 4.78 is 60.3. The van der Waals surface area contributed by atoms with Crippen LogP contribution in [0.1, 0.15) is 10.7 Å². The van der Waals surface area contributed by atoms with Gasteiger partial charge in [0, 0.05) is 18.3 Å². The zero-order valence-electron chi connectivity index (χ0n) is 12.3. The first kappa shape index (κ1) is 19.1. The predicted octanol–water partition coefficient (Wildman–Crippen LogP) is 2.37. The predicted molar refractivity (Wildman–Crippen MR) is 83.8 cm³/mol. The van der Waals surface area contributed by atoms with Gasteiger partial charge in [-0.05, 0) is 12.1 Å². The number of rotatable bonds is 6. The molecule has 1 heterocycles. The van der Waals surface area contributed by atoms with Crippen LogP contribution in [0.2, 0.25) is 0 Å². The lowest BCUT2D eigenvalue weighted by Gasteiger charge is -2.08. The van der Waals surface area contributed by atoms with Crippen molar-refractivity contribution in [2.24, 2.45) is 5.14 Å². The summed E-state index contributed by atoms with van der Waals surface area (Å²) in [5, 5.41) is 19.8. The summed E-state index contributed by atoms with van der Waals surface area (Å²) >= 11 is 0.809. The Morgan fingerprint density at radius 2 is 2.04 bits per heavy atom. The lowest BCUT2D eigenvalue weighted by atomic mass is 10.2. The van der Waals surface area contributed by atoms with Crippen molar-refractivity contribution in [2.75, 3.05) is 11.9 Å². The molecule has 0 fully saturated rings. The number of anilines is 1. The van der Waals surface area contributed by atoms with Crippen LogP contribution in [0.4, 0.5) is 24.5 Å². The van der Waals surface area contributed by atoms with Crippen molar-refractivity contribution in [3.8, 4) is 0 Å². The number of nitro groups is 1. The maximum absolute atomic E-state index is 12.5. The normalized spacial score (nSPS) is 12.2. The second-order valence-corrected chi connectivity index (χ2v) is 7.23. The van der Waals surface area contributed by atoms with Gasteiger partial charge in [0.05, 0.1) is 9.93 Å². The number of sulfonamides is 1. The summed E-state index contributed by atoms with van der Waals surface area (Å²) in [4.78, 5) is 13.0. The van der Waals surface area contributed by atoms with E-state index in [0.29, 0.717) is 0 Å². The molecule has 0 spiro atoms. The molecule has 0 aliphatic heterocycles. The quantitative estimate of drug-likeness (QED) is 0.570. The van der Waals surface area contributed by atoms with Gasteiger partial charge in [0.15, 0.2) is 10.6 Å². The Kier molecular flexibility index (Phi) is 5.29. The number of aromatic nitrogens is 1. The Bertz CT molecular complexity index is 896. The Hall–Kier alpha value is -2.25. The lowest BCUT2D eigenvalue weighted by Crippen LogP contribution is -2.16. The monoisotopic (exact) mass is 396 g/mol. The molecule has 25 heavy (non-hydrogen) atoms. The summed E-state index contributed by atoms with van der Waals surface area (Å²) in [5.74, 6) is 0. The lowest BCUT2D eigenvalue weighted by molar-refractivity contribution is -0.386. The number of nitro benzene ring substituents is 1. The van der Waals surface area contributed by atoms with Crippen LogP contribution in [-0.4, -0.2) is 24.9 Å². The van der Waals surface area contributed by atoms with Crippen molar-refractivity contribution in [3.63, 3.8) is 0 Å². The third-order valence-corrected chi connectivity index (χ3v) is 4.84. The van der Waals surface area contributed by atoms with Crippen molar-refractivity contribution >= 4 is 32.7 Å². The van der Waals surface area contributed by atoms with Crippen molar-refractivity contribution in [1.29, 1.82) is 0 Å². The third kappa shape index (κ3) is 4.64. The first-order chi connectivity index (χ1) is 11.5. The number of hydrogen-bond acceptors (Lipinski definition) is 7. The van der Waals surface area contributed by atoms with Gasteiger partial charge in [0.2, 0.25) is 10.0 Å². The van der Waals surface area contributed by atoms with E-state index in [1.807, 2.05) is 0 Å². The number of hydrogen-bond donors (Lipinski definition) is 2. The van der Waals surface area contributed by atoms with E-state index in [2.05, 4.69) is 10.3 Å². The molecule has 0 saturated heterocycles. The number of nitrogens with one attached hydrogen (secondary N) is 1. The molecule has 3 N–H and O–H groups in total. The fourth-order valence-corrected chi connectivity index (χ4v) is 3.47. The van der Waals surface area contributed by atoms with Crippen LogP contribution in [-0.2, 0) is 22.6 Å². The maximum atomic E-state index is 12.5. The van der Waals surface area contributed by atoms with E-state index in [1.54, 1.807) is 0 Å². The number of halogens is 3. The minimum absolute atomic E-state index is 0.0136. The van der Waals surface area contributed by atoms with Crippen LogP contribution in [0.5, 0.6) is 0 Å². The number of para-hydroxylation sites is 1. The first-order valence-electron chi connectivity index (χ1n) is 6.56. The molecule has 2 rings (SSSR count). The average Bonchev–Trinajstić information content (AvgIpc) is 2.95. The summed E-state index contributed by atoms with van der Waals surface area (Å²) in [6.07, 6.45) is -4.47. The van der Waals surface area contributed by atoms with E-state index in [9.17, 15) is 31.7 Å². The molecule has 0 bridgehead atoms. The highest BCUT2D eigenvalue weighted by Gasteiger charge is 2.33. The zero-order chi connectivity index (χ0) is 18.8. The highest BCUT2D eigenvalue weighted by Crippen LogP contribution is 2.32. The molecule has 0 aliphatic carbocycles. The Balaban J connectivity index is 2.16. The highest BCUT2D eigenvalue weighted by atomic mass is 32.2. The van der Waals surface area contributed by atoms with Crippen molar-refractivity contribution in [1.82, 2.24) is 4.98 Å². The minimum atomic E-state index is -4.54. The van der Waals surface area contributed by atoms with Crippen molar-refractivity contribution in [2.45, 2.75) is 17.5 Å². The van der Waals surface area contributed by atoms with Gasteiger partial charge < -0.3 is 5.32 Å².